The normalized spacial score (nSPS) is 26.1. The predicted molar refractivity (Wildman–Crippen MR) is 160 cm³/mol. The number of amides is 1. The predicted octanol–water partition coefficient (Wildman–Crippen LogP) is 7.03. The molecule has 2 fully saturated rings. The number of fused-ring (bicyclic) bond motifs is 7. The maximum Gasteiger partial charge on any atom is 0.335 e. The summed E-state index contributed by atoms with van der Waals surface area (Å²) in [7, 11) is 0. The number of carboxylic acids is 1. The van der Waals surface area contributed by atoms with Gasteiger partial charge in [-0.3, -0.25) is 14.4 Å². The van der Waals surface area contributed by atoms with E-state index in [0.29, 0.717) is 40.7 Å². The van der Waals surface area contributed by atoms with Crippen LogP contribution in [0.1, 0.15) is 65.8 Å². The van der Waals surface area contributed by atoms with Gasteiger partial charge < -0.3 is 10.4 Å². The number of nitrogens with one attached hydrogen (secondary N) is 1. The van der Waals surface area contributed by atoms with Gasteiger partial charge >= 0.3 is 5.97 Å². The molecule has 1 aliphatic carbocycles. The van der Waals surface area contributed by atoms with Gasteiger partial charge in [-0.2, -0.15) is 5.10 Å². The van der Waals surface area contributed by atoms with E-state index >= 15 is 4.39 Å². The van der Waals surface area contributed by atoms with Crippen molar-refractivity contribution in [3.8, 4) is 0 Å². The van der Waals surface area contributed by atoms with Crippen molar-refractivity contribution in [2.24, 2.45) is 5.92 Å². The van der Waals surface area contributed by atoms with Crippen molar-refractivity contribution in [1.29, 1.82) is 0 Å². The first-order valence-electron chi connectivity index (χ1n) is 13.9. The Morgan fingerprint density at radius 3 is 2.69 bits per heavy atom. The van der Waals surface area contributed by atoms with Crippen LogP contribution in [0.3, 0.4) is 0 Å². The molecule has 7 nitrogen and oxygen atoms in total. The summed E-state index contributed by atoms with van der Waals surface area (Å²) < 4.78 is 18.0. The van der Waals surface area contributed by atoms with E-state index in [9.17, 15) is 14.7 Å². The standard InChI is InChI=1S/C31H25Cl2FN4O3.CH4/c32-17-8-10-20-23(12-17)35-30(41)31(20)26(19-5-2-6-21(33)27(19)34)28-25(37(31)14-15-3-1-4-15)13-24-18-9-7-16(29(39)40)11-22(18)36-38(24)28;/h2,5-12,15,25-26,28H,1,3-4,13-14H2,(H,35,41)(H,39,40);1H4/t25-,26-,28+,31+;/m0./s1. The van der Waals surface area contributed by atoms with Gasteiger partial charge in [-0.1, -0.05) is 61.3 Å². The first-order chi connectivity index (χ1) is 19.8. The second kappa shape index (κ2) is 9.53. The first-order valence-corrected chi connectivity index (χ1v) is 14.6. The number of aromatic nitrogens is 2. The number of aromatic carboxylic acids is 1. The van der Waals surface area contributed by atoms with E-state index < -0.39 is 29.3 Å². The molecule has 1 saturated heterocycles. The molecule has 0 unspecified atom stereocenters. The third-order valence-corrected chi connectivity index (χ3v) is 10.3. The van der Waals surface area contributed by atoms with Crippen LogP contribution in [0.15, 0.2) is 54.6 Å². The maximum absolute atomic E-state index is 16.1. The van der Waals surface area contributed by atoms with E-state index in [4.69, 9.17) is 28.3 Å². The molecule has 4 heterocycles. The zero-order valence-electron chi connectivity index (χ0n) is 21.8. The van der Waals surface area contributed by atoms with Crippen molar-refractivity contribution < 1.29 is 19.1 Å². The molecule has 1 saturated carbocycles. The molecule has 1 amide bonds. The molecule has 0 radical (unpaired) electrons. The Balaban J connectivity index is 0.00000288. The fraction of sp³-hybridized carbons (Fsp3) is 0.344. The summed E-state index contributed by atoms with van der Waals surface area (Å²) in [5.74, 6) is -2.01. The number of halogens is 3. The molecule has 4 aromatic rings. The molecule has 0 bridgehead atoms. The summed E-state index contributed by atoms with van der Waals surface area (Å²) in [5.41, 5.74) is 2.24. The molecule has 216 valence electrons. The third kappa shape index (κ3) is 3.52. The molecule has 3 aliphatic heterocycles. The maximum atomic E-state index is 16.1. The average molecular weight is 608 g/mol. The molecular weight excluding hydrogens is 578 g/mol. The summed E-state index contributed by atoms with van der Waals surface area (Å²) in [5, 5.41) is 19.0. The summed E-state index contributed by atoms with van der Waals surface area (Å²) in [6.45, 7) is 0.696. The zero-order chi connectivity index (χ0) is 28.2. The highest BCUT2D eigenvalue weighted by atomic mass is 35.5. The van der Waals surface area contributed by atoms with Gasteiger partial charge in [0, 0.05) is 52.3 Å². The van der Waals surface area contributed by atoms with E-state index in [0.717, 1.165) is 35.9 Å². The lowest BCUT2D eigenvalue weighted by molar-refractivity contribution is -0.128. The lowest BCUT2D eigenvalue weighted by Crippen LogP contribution is -2.54. The van der Waals surface area contributed by atoms with Crippen molar-refractivity contribution in [2.75, 3.05) is 11.9 Å². The minimum atomic E-state index is -1.21. The summed E-state index contributed by atoms with van der Waals surface area (Å²) >= 11 is 12.7. The van der Waals surface area contributed by atoms with Crippen LogP contribution in [0, 0.1) is 11.7 Å². The zero-order valence-corrected chi connectivity index (χ0v) is 23.3. The van der Waals surface area contributed by atoms with Crippen LogP contribution in [0.2, 0.25) is 10.0 Å². The Morgan fingerprint density at radius 2 is 1.95 bits per heavy atom. The Hall–Kier alpha value is -3.46. The minimum absolute atomic E-state index is 0. The molecule has 4 atom stereocenters. The van der Waals surface area contributed by atoms with Crippen LogP contribution in [-0.4, -0.2) is 44.3 Å². The number of anilines is 1. The molecule has 1 aromatic heterocycles. The van der Waals surface area contributed by atoms with Crippen molar-refractivity contribution in [1.82, 2.24) is 14.7 Å². The monoisotopic (exact) mass is 606 g/mol. The number of hydrogen-bond donors (Lipinski definition) is 2. The van der Waals surface area contributed by atoms with E-state index in [2.05, 4.69) is 10.2 Å². The number of benzene rings is 3. The largest absolute Gasteiger partial charge is 0.478 e. The van der Waals surface area contributed by atoms with Crippen molar-refractivity contribution in [2.45, 2.75) is 56.7 Å². The number of carbonyl (C=O) groups is 2. The molecular formula is C32H29Cl2FN4O3. The molecule has 3 aromatic carbocycles. The number of rotatable bonds is 4. The number of nitrogens with zero attached hydrogens (tertiary/aromatic N) is 3. The lowest BCUT2D eigenvalue weighted by atomic mass is 9.73. The summed E-state index contributed by atoms with van der Waals surface area (Å²) in [6, 6.07) is 14.8. The fourth-order valence-corrected chi connectivity index (χ4v) is 8.21. The van der Waals surface area contributed by atoms with E-state index in [1.54, 1.807) is 42.5 Å². The van der Waals surface area contributed by atoms with Crippen LogP contribution >= 0.6 is 23.2 Å². The van der Waals surface area contributed by atoms with Crippen molar-refractivity contribution >= 4 is 51.7 Å². The Bertz CT molecular complexity index is 1800. The smallest absolute Gasteiger partial charge is 0.335 e. The SMILES string of the molecule is C.O=C(O)c1ccc2c3n(nc2c1)[C@@H]1[C@H](C3)N(CC2CCC2)[C@@]2(C(=O)Nc3cc(Cl)ccc32)[C@H]1c1cccc(Cl)c1F. The van der Waals surface area contributed by atoms with E-state index in [1.807, 2.05) is 10.7 Å². The van der Waals surface area contributed by atoms with Gasteiger partial charge in [-0.25, -0.2) is 9.18 Å². The van der Waals surface area contributed by atoms with Gasteiger partial charge in [0.1, 0.15) is 11.4 Å². The van der Waals surface area contributed by atoms with Gasteiger partial charge in [-0.15, -0.1) is 0 Å². The second-order valence-electron chi connectivity index (χ2n) is 11.7. The Morgan fingerprint density at radius 1 is 1.14 bits per heavy atom. The second-order valence-corrected chi connectivity index (χ2v) is 12.5. The number of hydrogen-bond acceptors (Lipinski definition) is 4. The minimum Gasteiger partial charge on any atom is -0.478 e. The lowest BCUT2D eigenvalue weighted by Gasteiger charge is -2.43. The van der Waals surface area contributed by atoms with Crippen molar-refractivity contribution in [3.63, 3.8) is 0 Å². The van der Waals surface area contributed by atoms with Gasteiger partial charge in [0.25, 0.3) is 0 Å². The van der Waals surface area contributed by atoms with Gasteiger partial charge in [0.15, 0.2) is 0 Å². The van der Waals surface area contributed by atoms with Crippen LogP contribution < -0.4 is 5.32 Å². The van der Waals surface area contributed by atoms with Gasteiger partial charge in [0.05, 0.1) is 22.1 Å². The Labute approximate surface area is 252 Å². The molecule has 4 aliphatic rings. The van der Waals surface area contributed by atoms with Gasteiger partial charge in [-0.05, 0) is 54.7 Å². The highest BCUT2D eigenvalue weighted by Crippen LogP contribution is 2.64. The van der Waals surface area contributed by atoms with Crippen LogP contribution in [-0.2, 0) is 16.8 Å². The van der Waals surface area contributed by atoms with E-state index in [-0.39, 0.29) is 30.0 Å². The average Bonchev–Trinajstić information content (AvgIpc) is 3.60. The van der Waals surface area contributed by atoms with Crippen LogP contribution in [0.25, 0.3) is 10.9 Å². The topological polar surface area (TPSA) is 87.5 Å². The fourth-order valence-electron chi connectivity index (χ4n) is 7.86. The van der Waals surface area contributed by atoms with E-state index in [1.165, 1.54) is 6.07 Å². The number of carbonyl (C=O) groups excluding carboxylic acids is 1. The molecule has 8 rings (SSSR count). The summed E-state index contributed by atoms with van der Waals surface area (Å²) in [4.78, 5) is 28.4. The van der Waals surface area contributed by atoms with Crippen LogP contribution in [0.5, 0.6) is 0 Å². The third-order valence-electron chi connectivity index (χ3n) is 9.75. The number of carboxylic acid groups (broad SMARTS) is 1. The highest BCUT2D eigenvalue weighted by molar-refractivity contribution is 6.31. The quantitative estimate of drug-likeness (QED) is 0.260. The van der Waals surface area contributed by atoms with Crippen molar-refractivity contribution in [3.05, 3.63) is 92.8 Å². The van der Waals surface area contributed by atoms with Crippen LogP contribution in [0.4, 0.5) is 10.1 Å². The van der Waals surface area contributed by atoms with Gasteiger partial charge in [0.2, 0.25) is 5.91 Å². The molecule has 10 heteroatoms. The number of likely N-dealkylation sites (tertiary alicyclic amines) is 1. The summed E-state index contributed by atoms with van der Waals surface area (Å²) in [6.07, 6.45) is 3.92. The highest BCUT2D eigenvalue weighted by Gasteiger charge is 2.69. The first kappa shape index (κ1) is 27.4. The molecule has 2 N–H and O–H groups in total. The Kier molecular flexibility index (Phi) is 6.21. The molecule has 1 spiro atoms. The molecule has 42 heavy (non-hydrogen) atoms.